The van der Waals surface area contributed by atoms with Gasteiger partial charge in [-0.3, -0.25) is 14.4 Å². The summed E-state index contributed by atoms with van der Waals surface area (Å²) in [5, 5.41) is 0. The molecule has 0 aliphatic carbocycles. The van der Waals surface area contributed by atoms with Gasteiger partial charge in [-0.1, -0.05) is 278 Å². The second-order valence-electron chi connectivity index (χ2n) is 20.6. The van der Waals surface area contributed by atoms with Crippen LogP contribution in [0.4, 0.5) is 0 Å². The van der Waals surface area contributed by atoms with E-state index in [0.29, 0.717) is 19.3 Å². The van der Waals surface area contributed by atoms with Crippen LogP contribution in [0.1, 0.15) is 290 Å². The van der Waals surface area contributed by atoms with E-state index < -0.39 is 6.10 Å². The molecule has 428 valence electrons. The highest BCUT2D eigenvalue weighted by Gasteiger charge is 2.19. The van der Waals surface area contributed by atoms with Crippen LogP contribution in [0.3, 0.4) is 0 Å². The second-order valence-corrected chi connectivity index (χ2v) is 20.6. The lowest BCUT2D eigenvalue weighted by molar-refractivity contribution is -0.167. The van der Waals surface area contributed by atoms with E-state index in [1.165, 1.54) is 135 Å². The minimum Gasteiger partial charge on any atom is -0.462 e. The Kier molecular flexibility index (Phi) is 59.3. The maximum absolute atomic E-state index is 12.8. The fourth-order valence-electron chi connectivity index (χ4n) is 8.64. The molecule has 0 rings (SSSR count). The zero-order chi connectivity index (χ0) is 54.3. The maximum atomic E-state index is 12.8. The van der Waals surface area contributed by atoms with E-state index in [4.69, 9.17) is 14.2 Å². The quantitative estimate of drug-likeness (QED) is 0.0261. The number of hydrogen-bond donors (Lipinski definition) is 0. The van der Waals surface area contributed by atoms with Crippen molar-refractivity contribution < 1.29 is 28.6 Å². The molecule has 0 aliphatic heterocycles. The number of carbonyl (C=O) groups excluding carboxylic acids is 3. The summed E-state index contributed by atoms with van der Waals surface area (Å²) in [6, 6.07) is 0. The third kappa shape index (κ3) is 60.8. The molecule has 1 unspecified atom stereocenters. The van der Waals surface area contributed by atoms with Gasteiger partial charge in [-0.15, -0.1) is 0 Å². The molecular weight excluding hydrogens is 925 g/mol. The summed E-state index contributed by atoms with van der Waals surface area (Å²) >= 11 is 0. The van der Waals surface area contributed by atoms with E-state index in [-0.39, 0.29) is 37.5 Å². The number of rotatable bonds is 56. The van der Waals surface area contributed by atoms with E-state index in [1.807, 2.05) is 0 Å². The molecule has 0 aromatic carbocycles. The van der Waals surface area contributed by atoms with Crippen LogP contribution in [-0.2, 0) is 28.6 Å². The van der Waals surface area contributed by atoms with Crippen molar-refractivity contribution in [1.82, 2.24) is 0 Å². The second kappa shape index (κ2) is 62.6. The molecule has 0 bridgehead atoms. The Morgan fingerprint density at radius 3 is 0.840 bits per heavy atom. The van der Waals surface area contributed by atoms with Gasteiger partial charge in [0.25, 0.3) is 0 Å². The van der Waals surface area contributed by atoms with Gasteiger partial charge in [0, 0.05) is 19.3 Å². The Bertz CT molecular complexity index is 1520. The van der Waals surface area contributed by atoms with E-state index in [0.717, 1.165) is 109 Å². The van der Waals surface area contributed by atoms with Crippen molar-refractivity contribution >= 4 is 17.9 Å². The molecule has 75 heavy (non-hydrogen) atoms. The predicted molar refractivity (Wildman–Crippen MR) is 325 cm³/mol. The third-order valence-electron chi connectivity index (χ3n) is 13.3. The van der Waals surface area contributed by atoms with E-state index >= 15 is 0 Å². The van der Waals surface area contributed by atoms with Gasteiger partial charge in [0.2, 0.25) is 0 Å². The van der Waals surface area contributed by atoms with Crippen LogP contribution >= 0.6 is 0 Å². The Hall–Kier alpha value is -3.93. The molecule has 6 heteroatoms. The van der Waals surface area contributed by atoms with Crippen LogP contribution in [0.15, 0.2) is 109 Å². The Balaban J connectivity index is 4.11. The molecule has 1 atom stereocenters. The minimum atomic E-state index is -0.796. The van der Waals surface area contributed by atoms with E-state index in [1.54, 1.807) is 0 Å². The lowest BCUT2D eigenvalue weighted by Gasteiger charge is -2.18. The zero-order valence-corrected chi connectivity index (χ0v) is 49.0. The molecule has 0 aromatic heterocycles. The average Bonchev–Trinajstić information content (AvgIpc) is 3.41. The topological polar surface area (TPSA) is 78.9 Å². The van der Waals surface area contributed by atoms with Crippen molar-refractivity contribution in [3.63, 3.8) is 0 Å². The highest BCUT2D eigenvalue weighted by atomic mass is 16.6. The van der Waals surface area contributed by atoms with E-state index in [9.17, 15) is 14.4 Å². The minimum absolute atomic E-state index is 0.0917. The van der Waals surface area contributed by atoms with Crippen molar-refractivity contribution in [2.75, 3.05) is 13.2 Å². The van der Waals surface area contributed by atoms with Gasteiger partial charge in [0.1, 0.15) is 13.2 Å². The van der Waals surface area contributed by atoms with Crippen LogP contribution in [0, 0.1) is 0 Å². The number of allylic oxidation sites excluding steroid dienone is 18. The van der Waals surface area contributed by atoms with Crippen LogP contribution in [-0.4, -0.2) is 37.2 Å². The predicted octanol–water partition coefficient (Wildman–Crippen LogP) is 21.4. The average molecular weight is 1040 g/mol. The number of ether oxygens (including phenoxy) is 3. The smallest absolute Gasteiger partial charge is 0.306 e. The first-order valence-corrected chi connectivity index (χ1v) is 31.4. The van der Waals surface area contributed by atoms with Crippen molar-refractivity contribution in [1.29, 1.82) is 0 Å². The number of esters is 3. The molecule has 0 spiro atoms. The molecular formula is C69H116O6. The first-order chi connectivity index (χ1) is 37.0. The summed E-state index contributed by atoms with van der Waals surface area (Å²) in [5.41, 5.74) is 0. The molecule has 0 saturated heterocycles. The summed E-state index contributed by atoms with van der Waals surface area (Å²) in [7, 11) is 0. The first-order valence-electron chi connectivity index (χ1n) is 31.4. The number of unbranched alkanes of at least 4 members (excludes halogenated alkanes) is 27. The fraction of sp³-hybridized carbons (Fsp3) is 0.696. The maximum Gasteiger partial charge on any atom is 0.306 e. The van der Waals surface area contributed by atoms with Crippen molar-refractivity contribution in [2.24, 2.45) is 0 Å². The van der Waals surface area contributed by atoms with Gasteiger partial charge >= 0.3 is 17.9 Å². The molecule has 0 fully saturated rings. The SMILES string of the molecule is CC/C=C\C/C=C\C/C=C\C/C=C\C/C=C\CCCCCCCCCCCCCCCCCCCC(=O)OCC(COC(=O)CCCCCCCCCCC)OC(=O)CCCC/C=C\C/C=C\C/C=C\C/C=C\CC. The van der Waals surface area contributed by atoms with Gasteiger partial charge in [-0.05, 0) is 103 Å². The fourth-order valence-corrected chi connectivity index (χ4v) is 8.64. The van der Waals surface area contributed by atoms with Crippen LogP contribution < -0.4 is 0 Å². The Morgan fingerprint density at radius 2 is 0.520 bits per heavy atom. The molecule has 0 aliphatic rings. The Morgan fingerprint density at radius 1 is 0.280 bits per heavy atom. The molecule has 0 saturated carbocycles. The lowest BCUT2D eigenvalue weighted by atomic mass is 10.0. The summed E-state index contributed by atoms with van der Waals surface area (Å²) in [4.78, 5) is 38.1. The van der Waals surface area contributed by atoms with Crippen molar-refractivity contribution in [2.45, 2.75) is 297 Å². The number of hydrogen-bond acceptors (Lipinski definition) is 6. The molecule has 0 radical (unpaired) electrons. The molecule has 0 N–H and O–H groups in total. The van der Waals surface area contributed by atoms with Gasteiger partial charge in [-0.25, -0.2) is 0 Å². The third-order valence-corrected chi connectivity index (χ3v) is 13.3. The largest absolute Gasteiger partial charge is 0.462 e. The summed E-state index contributed by atoms with van der Waals surface area (Å²) in [6.45, 7) is 6.37. The Labute approximate surface area is 463 Å². The first kappa shape index (κ1) is 71.1. The summed E-state index contributed by atoms with van der Waals surface area (Å²) in [6.07, 6.45) is 85.5. The van der Waals surface area contributed by atoms with E-state index in [2.05, 4.69) is 130 Å². The van der Waals surface area contributed by atoms with Crippen molar-refractivity contribution in [3.8, 4) is 0 Å². The normalized spacial score (nSPS) is 12.8. The van der Waals surface area contributed by atoms with Crippen LogP contribution in [0.2, 0.25) is 0 Å². The molecule has 0 heterocycles. The highest BCUT2D eigenvalue weighted by Crippen LogP contribution is 2.16. The summed E-state index contributed by atoms with van der Waals surface area (Å²) in [5.74, 6) is -0.931. The van der Waals surface area contributed by atoms with Gasteiger partial charge in [-0.2, -0.15) is 0 Å². The van der Waals surface area contributed by atoms with Crippen LogP contribution in [0.25, 0.3) is 0 Å². The highest BCUT2D eigenvalue weighted by molar-refractivity contribution is 5.71. The molecule has 0 amide bonds. The lowest BCUT2D eigenvalue weighted by Crippen LogP contribution is -2.30. The zero-order valence-electron chi connectivity index (χ0n) is 49.0. The molecule has 6 nitrogen and oxygen atoms in total. The molecule has 0 aromatic rings. The number of carbonyl (C=O) groups is 3. The summed E-state index contributed by atoms with van der Waals surface area (Å²) < 4.78 is 16.8. The van der Waals surface area contributed by atoms with Crippen molar-refractivity contribution in [3.05, 3.63) is 109 Å². The van der Waals surface area contributed by atoms with Gasteiger partial charge < -0.3 is 14.2 Å². The monoisotopic (exact) mass is 1040 g/mol. The van der Waals surface area contributed by atoms with Gasteiger partial charge in [0.15, 0.2) is 6.10 Å². The standard InChI is InChI=1S/C69H116O6/c1-4-7-10-13-16-19-21-23-25-26-27-28-29-30-31-32-33-34-35-36-37-38-39-40-41-42-44-45-47-50-53-56-59-62-68(71)74-65-66(64-73-67(70)61-58-55-52-49-18-15-12-9-6-3)75-69(72)63-60-57-54-51-48-46-43-24-22-20-17-14-11-8-5-2/h7-8,10-11,16-17,19-20,23-25,27-28,30-31,43,48,51,66H,4-6,9,12-15,18,21-22,26,29,32-42,44-47,49-50,52-65H2,1-3H3/b10-7-,11-8-,19-16-,20-17-,25-23-,28-27-,31-30-,43-24-,51-48-. The van der Waals surface area contributed by atoms with Gasteiger partial charge in [0.05, 0.1) is 0 Å². The van der Waals surface area contributed by atoms with Crippen LogP contribution in [0.5, 0.6) is 0 Å².